The van der Waals surface area contributed by atoms with E-state index in [1.807, 2.05) is 0 Å². The quantitative estimate of drug-likeness (QED) is 0.0607. The SMILES string of the molecule is CC(=O)N[C@H]1[C@H](O[C@H]2[C@@H](O)[C@@H](CO)O[C@@H](O[C@H]3[C@H](O[C@@H]4O[C@@H](C)[C@@H](O)[C@@H](O)[C@@H]4O)[C@@H](NC(C)=O)[C@H](O[C@@H]([C@@H](O)[C@H](O)CO)[C@@H](O)CO)O[C@@H]3CO)[C@@H]2O)O[C@H](CO)[C@@H](O)[C@@H]1O. The Labute approximate surface area is 347 Å². The van der Waals surface area contributed by atoms with E-state index in [0.717, 1.165) is 13.8 Å². The summed E-state index contributed by atoms with van der Waals surface area (Å²) in [6.45, 7) is -1.71. The second-order valence-corrected chi connectivity index (χ2v) is 15.2. The summed E-state index contributed by atoms with van der Waals surface area (Å²) in [5.74, 6) is -1.60. The van der Waals surface area contributed by atoms with Gasteiger partial charge >= 0.3 is 0 Å². The number of aliphatic hydroxyl groups is 15. The lowest BCUT2D eigenvalue weighted by Gasteiger charge is -2.51. The number of aliphatic hydroxyl groups excluding tert-OH is 15. The zero-order valence-corrected chi connectivity index (χ0v) is 33.2. The molecule has 356 valence electrons. The molecule has 0 aromatic carbocycles. The molecule has 61 heavy (non-hydrogen) atoms. The summed E-state index contributed by atoms with van der Waals surface area (Å²) in [6, 6.07) is -3.36. The second kappa shape index (κ2) is 22.8. The van der Waals surface area contributed by atoms with Gasteiger partial charge in [-0.3, -0.25) is 9.59 Å². The van der Waals surface area contributed by atoms with Gasteiger partial charge in [0.1, 0.15) is 116 Å². The van der Waals surface area contributed by atoms with Crippen molar-refractivity contribution in [2.24, 2.45) is 0 Å². The Hall–Kier alpha value is -1.98. The van der Waals surface area contributed by atoms with Gasteiger partial charge in [-0.1, -0.05) is 0 Å². The van der Waals surface area contributed by atoms with E-state index >= 15 is 0 Å². The molecule has 17 N–H and O–H groups in total. The van der Waals surface area contributed by atoms with Crippen LogP contribution in [-0.4, -0.2) is 269 Å². The molecule has 0 bridgehead atoms. The third-order valence-electron chi connectivity index (χ3n) is 10.7. The molecular formula is C34H60N2O25. The number of ether oxygens (including phenoxy) is 8. The van der Waals surface area contributed by atoms with E-state index in [9.17, 15) is 86.2 Å². The van der Waals surface area contributed by atoms with Gasteiger partial charge in [0.15, 0.2) is 25.2 Å². The van der Waals surface area contributed by atoms with Crippen molar-refractivity contribution in [2.75, 3.05) is 33.0 Å². The molecule has 4 aliphatic rings. The third-order valence-corrected chi connectivity index (χ3v) is 10.7. The maximum Gasteiger partial charge on any atom is 0.217 e. The summed E-state index contributed by atoms with van der Waals surface area (Å²) >= 11 is 0. The molecule has 4 fully saturated rings. The molecule has 4 heterocycles. The highest BCUT2D eigenvalue weighted by Gasteiger charge is 2.57. The minimum absolute atomic E-state index is 0.743. The number of amides is 2. The Bertz CT molecular complexity index is 1380. The van der Waals surface area contributed by atoms with Crippen LogP contribution in [-0.2, 0) is 47.5 Å². The minimum atomic E-state index is -2.17. The number of carbonyl (C=O) groups is 2. The molecule has 27 nitrogen and oxygen atoms in total. The van der Waals surface area contributed by atoms with Crippen molar-refractivity contribution in [3.05, 3.63) is 0 Å². The molecule has 0 aliphatic carbocycles. The van der Waals surface area contributed by atoms with Crippen LogP contribution in [0, 0.1) is 0 Å². The molecule has 4 aliphatic heterocycles. The lowest BCUT2D eigenvalue weighted by atomic mass is 9.93. The van der Waals surface area contributed by atoms with E-state index in [2.05, 4.69) is 10.6 Å². The average molecular weight is 897 g/mol. The first kappa shape index (κ1) is 51.7. The Morgan fingerprint density at radius 1 is 0.525 bits per heavy atom. The highest BCUT2D eigenvalue weighted by Crippen LogP contribution is 2.36. The summed E-state index contributed by atoms with van der Waals surface area (Å²) in [7, 11) is 0. The molecule has 0 spiro atoms. The van der Waals surface area contributed by atoms with Gasteiger partial charge < -0.3 is 125 Å². The molecule has 4 saturated heterocycles. The molecule has 0 unspecified atom stereocenters. The topological polar surface area (TPSA) is 435 Å². The van der Waals surface area contributed by atoms with Gasteiger partial charge in [0.05, 0.1) is 39.1 Å². The van der Waals surface area contributed by atoms with Gasteiger partial charge in [0.25, 0.3) is 0 Å². The number of hydrogen-bond donors (Lipinski definition) is 17. The zero-order chi connectivity index (χ0) is 45.6. The number of carbonyl (C=O) groups excluding carboxylic acids is 2. The van der Waals surface area contributed by atoms with E-state index in [0.29, 0.717) is 0 Å². The van der Waals surface area contributed by atoms with Crippen molar-refractivity contribution in [1.29, 1.82) is 0 Å². The van der Waals surface area contributed by atoms with Crippen LogP contribution < -0.4 is 10.6 Å². The van der Waals surface area contributed by atoms with Crippen LogP contribution in [0.5, 0.6) is 0 Å². The maximum absolute atomic E-state index is 12.7. The molecule has 0 aromatic heterocycles. The monoisotopic (exact) mass is 896 g/mol. The highest BCUT2D eigenvalue weighted by molar-refractivity contribution is 5.73. The van der Waals surface area contributed by atoms with Crippen molar-refractivity contribution in [3.8, 4) is 0 Å². The van der Waals surface area contributed by atoms with Gasteiger partial charge in [0, 0.05) is 13.8 Å². The first-order chi connectivity index (χ1) is 28.7. The fraction of sp³-hybridized carbons (Fsp3) is 0.941. The van der Waals surface area contributed by atoms with E-state index in [4.69, 9.17) is 37.9 Å². The van der Waals surface area contributed by atoms with Crippen LogP contribution in [0.1, 0.15) is 20.8 Å². The van der Waals surface area contributed by atoms with E-state index in [1.54, 1.807) is 0 Å². The predicted molar refractivity (Wildman–Crippen MR) is 191 cm³/mol. The lowest BCUT2D eigenvalue weighted by Crippen LogP contribution is -2.71. The van der Waals surface area contributed by atoms with Crippen molar-refractivity contribution < 1.29 is 124 Å². The van der Waals surface area contributed by atoms with E-state index in [1.165, 1.54) is 6.92 Å². The summed E-state index contributed by atoms with van der Waals surface area (Å²) in [5, 5.41) is 162. The molecule has 24 atom stereocenters. The Morgan fingerprint density at radius 3 is 1.57 bits per heavy atom. The maximum atomic E-state index is 12.7. The molecule has 0 radical (unpaired) electrons. The van der Waals surface area contributed by atoms with Gasteiger partial charge in [-0.15, -0.1) is 0 Å². The van der Waals surface area contributed by atoms with Crippen LogP contribution in [0.3, 0.4) is 0 Å². The van der Waals surface area contributed by atoms with Gasteiger partial charge in [-0.2, -0.15) is 0 Å². The average Bonchev–Trinajstić information content (AvgIpc) is 3.23. The summed E-state index contributed by atoms with van der Waals surface area (Å²) < 4.78 is 46.6. The summed E-state index contributed by atoms with van der Waals surface area (Å²) in [5.41, 5.74) is 0. The van der Waals surface area contributed by atoms with Gasteiger partial charge in [0.2, 0.25) is 11.8 Å². The zero-order valence-electron chi connectivity index (χ0n) is 33.2. The first-order valence-electron chi connectivity index (χ1n) is 19.4. The largest absolute Gasteiger partial charge is 0.394 e. The molecule has 2 amide bonds. The first-order valence-corrected chi connectivity index (χ1v) is 19.4. The number of rotatable bonds is 18. The van der Waals surface area contributed by atoms with Crippen LogP contribution in [0.4, 0.5) is 0 Å². The van der Waals surface area contributed by atoms with Gasteiger partial charge in [-0.25, -0.2) is 0 Å². The van der Waals surface area contributed by atoms with Crippen molar-refractivity contribution in [1.82, 2.24) is 10.6 Å². The molecule has 0 saturated carbocycles. The standard InChI is InChI=1S/C34H60N2O25/c1-9-19(46)24(51)25(52)33(54-9)60-29-18(36-11(3)43)32(58-27(13(45)5-38)20(47)12(44)4-37)57-16(8-41)28(29)59-34-26(53)30(22(49)15(7-40)56-34)61-31-17(35-10(2)42)23(50)21(48)14(6-39)55-31/h9,12-34,37-41,44-53H,4-8H2,1-3H3,(H,35,42)(H,36,43)/t9-,12+,13-,14+,15+,16+,17+,18+,19+,20-,21+,22-,23+,24+,25-,26+,27+,28+,29+,30-,31-,32-,33-,34-/m0/s1. The van der Waals surface area contributed by atoms with Crippen LogP contribution in [0.2, 0.25) is 0 Å². The van der Waals surface area contributed by atoms with E-state index in [-0.39, 0.29) is 0 Å². The molecular weight excluding hydrogens is 836 g/mol. The Balaban J connectivity index is 1.77. The van der Waals surface area contributed by atoms with Crippen molar-refractivity contribution >= 4 is 11.8 Å². The lowest BCUT2D eigenvalue weighted by molar-refractivity contribution is -0.386. The predicted octanol–water partition coefficient (Wildman–Crippen LogP) is -11.0. The van der Waals surface area contributed by atoms with Crippen LogP contribution >= 0.6 is 0 Å². The molecule has 27 heteroatoms. The molecule has 4 rings (SSSR count). The van der Waals surface area contributed by atoms with Crippen LogP contribution in [0.25, 0.3) is 0 Å². The smallest absolute Gasteiger partial charge is 0.217 e. The second-order valence-electron chi connectivity index (χ2n) is 15.2. The molecule has 0 aromatic rings. The summed E-state index contributed by atoms with van der Waals surface area (Å²) in [6.07, 6.45) is -41.0. The Kier molecular flexibility index (Phi) is 19.3. The number of nitrogens with one attached hydrogen (secondary N) is 2. The van der Waals surface area contributed by atoms with Crippen molar-refractivity contribution in [2.45, 2.75) is 168 Å². The highest BCUT2D eigenvalue weighted by atomic mass is 16.8. The van der Waals surface area contributed by atoms with Crippen molar-refractivity contribution in [3.63, 3.8) is 0 Å². The third kappa shape index (κ3) is 11.8. The van der Waals surface area contributed by atoms with Gasteiger partial charge in [-0.05, 0) is 6.92 Å². The fourth-order valence-electron chi connectivity index (χ4n) is 7.37. The summed E-state index contributed by atoms with van der Waals surface area (Å²) in [4.78, 5) is 24.8. The normalized spacial score (nSPS) is 44.1. The minimum Gasteiger partial charge on any atom is -0.394 e. The Morgan fingerprint density at radius 2 is 1.02 bits per heavy atom. The van der Waals surface area contributed by atoms with Crippen LogP contribution in [0.15, 0.2) is 0 Å². The fourth-order valence-corrected chi connectivity index (χ4v) is 7.37. The van der Waals surface area contributed by atoms with E-state index < -0.39 is 192 Å². The number of hydrogen-bond acceptors (Lipinski definition) is 25.